The van der Waals surface area contributed by atoms with E-state index in [0.29, 0.717) is 0 Å². The van der Waals surface area contributed by atoms with Crippen LogP contribution in [0.4, 0.5) is 0 Å². The Kier molecular flexibility index (Phi) is 10.5. The molecule has 1 aliphatic rings. The van der Waals surface area contributed by atoms with Crippen LogP contribution in [0.25, 0.3) is 0 Å². The topological polar surface area (TPSA) is 35.4 Å². The van der Waals surface area contributed by atoms with Crippen molar-refractivity contribution in [1.29, 1.82) is 0 Å². The first kappa shape index (κ1) is 15.2. The van der Waals surface area contributed by atoms with Crippen molar-refractivity contribution >= 4 is 29.3 Å². The van der Waals surface area contributed by atoms with Crippen molar-refractivity contribution in [3.05, 3.63) is 0 Å². The second-order valence-corrected chi connectivity index (χ2v) is 2.89. The number of halogens is 1. The normalized spacial score (nSPS) is 29.2. The van der Waals surface area contributed by atoms with Crippen molar-refractivity contribution in [3.63, 3.8) is 0 Å². The van der Waals surface area contributed by atoms with Crippen LogP contribution in [0.5, 0.6) is 0 Å². The van der Waals surface area contributed by atoms with Crippen molar-refractivity contribution in [2.24, 2.45) is 10.9 Å². The fourth-order valence-electron chi connectivity index (χ4n) is 1.49. The molecule has 0 aromatic carbocycles. The molecule has 0 amide bonds. The second-order valence-electron chi connectivity index (χ2n) is 2.89. The monoisotopic (exact) mass is 199 g/mol. The summed E-state index contributed by atoms with van der Waals surface area (Å²) in [5.74, 6) is 0.221. The van der Waals surface area contributed by atoms with E-state index >= 15 is 0 Å². The van der Waals surface area contributed by atoms with E-state index in [9.17, 15) is 5.11 Å². The van der Waals surface area contributed by atoms with Crippen LogP contribution in [0.15, 0.2) is 4.99 Å². The maximum Gasteiger partial charge on any atom is 2.00 e. The molecule has 0 saturated heterocycles. The average Bonchev–Trinajstić information content (AvgIpc) is 1.94. The summed E-state index contributed by atoms with van der Waals surface area (Å²) >= 11 is 0. The van der Waals surface area contributed by atoms with Crippen LogP contribution >= 0.6 is 0 Å². The maximum absolute atomic E-state index is 11.2. The van der Waals surface area contributed by atoms with E-state index in [0.717, 1.165) is 19.3 Å². The predicted molar refractivity (Wildman–Crippen MR) is 45.9 cm³/mol. The van der Waals surface area contributed by atoms with Crippen LogP contribution in [0.2, 0.25) is 0 Å². The van der Waals surface area contributed by atoms with E-state index in [1.165, 1.54) is 6.42 Å². The summed E-state index contributed by atoms with van der Waals surface area (Å²) in [6, 6.07) is 0. The van der Waals surface area contributed by atoms with E-state index < -0.39 is 0 Å². The fraction of sp³-hybridized carbons (Fsp3) is 0.875. The third-order valence-corrected chi connectivity index (χ3v) is 2.09. The molecule has 0 N–H and O–H groups in total. The molecule has 0 bridgehead atoms. The van der Waals surface area contributed by atoms with Crippen molar-refractivity contribution in [3.8, 4) is 0 Å². The summed E-state index contributed by atoms with van der Waals surface area (Å²) in [4.78, 5) is 3.88. The first-order valence-electron chi connectivity index (χ1n) is 3.92. The minimum absolute atomic E-state index is 0. The fourth-order valence-corrected chi connectivity index (χ4v) is 1.49. The first-order valence-corrected chi connectivity index (χ1v) is 3.92. The zero-order chi connectivity index (χ0) is 7.40. The van der Waals surface area contributed by atoms with Crippen molar-refractivity contribution in [2.75, 3.05) is 7.05 Å². The Morgan fingerprint density at radius 1 is 1.33 bits per heavy atom. The SMILES string of the molecule is CN=CC1CCCCC1[O-].[Cl-].[Mg+2]. The number of nitrogens with zero attached hydrogens (tertiary/aromatic N) is 1. The molecule has 12 heavy (non-hydrogen) atoms. The van der Waals surface area contributed by atoms with Gasteiger partial charge < -0.3 is 22.5 Å². The Bertz CT molecular complexity index is 132. The van der Waals surface area contributed by atoms with E-state index in [2.05, 4.69) is 4.99 Å². The Morgan fingerprint density at radius 3 is 2.42 bits per heavy atom. The van der Waals surface area contributed by atoms with Crippen LogP contribution in [-0.4, -0.2) is 42.4 Å². The number of hydrogen-bond acceptors (Lipinski definition) is 2. The Morgan fingerprint density at radius 2 is 1.92 bits per heavy atom. The van der Waals surface area contributed by atoms with Gasteiger partial charge in [0.15, 0.2) is 0 Å². The van der Waals surface area contributed by atoms with Gasteiger partial charge in [-0.1, -0.05) is 19.3 Å². The van der Waals surface area contributed by atoms with Gasteiger partial charge in [-0.2, -0.15) is 0 Å². The van der Waals surface area contributed by atoms with Gasteiger partial charge in [0.05, 0.1) is 0 Å². The number of rotatable bonds is 1. The maximum atomic E-state index is 11.2. The largest absolute Gasteiger partial charge is 2.00 e. The van der Waals surface area contributed by atoms with Crippen LogP contribution in [-0.2, 0) is 0 Å². The zero-order valence-corrected chi connectivity index (χ0v) is 9.67. The van der Waals surface area contributed by atoms with Crippen LogP contribution < -0.4 is 17.5 Å². The van der Waals surface area contributed by atoms with Gasteiger partial charge >= 0.3 is 23.1 Å². The summed E-state index contributed by atoms with van der Waals surface area (Å²) in [6.07, 6.45) is 5.65. The average molecular weight is 200 g/mol. The minimum atomic E-state index is -0.377. The summed E-state index contributed by atoms with van der Waals surface area (Å²) in [5.41, 5.74) is 0. The first-order chi connectivity index (χ1) is 4.84. The standard InChI is InChI=1S/C8H14NO.ClH.Mg/c1-9-6-7-4-2-3-5-8(7)10;;/h6-8H,2-5H2,1H3;1H;/q-1;;+2/p-1. The Hall–Kier alpha value is 0.686. The molecule has 2 nitrogen and oxygen atoms in total. The molecular formula is C8H14ClMgNO. The van der Waals surface area contributed by atoms with Gasteiger partial charge in [0.25, 0.3) is 0 Å². The van der Waals surface area contributed by atoms with Crippen molar-refractivity contribution in [2.45, 2.75) is 31.8 Å². The molecule has 0 radical (unpaired) electrons. The van der Waals surface area contributed by atoms with Gasteiger partial charge in [-0.15, -0.1) is 6.10 Å². The number of aliphatic imine (C=N–C) groups is 1. The van der Waals surface area contributed by atoms with Gasteiger partial charge in [0.1, 0.15) is 0 Å². The Balaban J connectivity index is 0. The molecular weight excluding hydrogens is 186 g/mol. The van der Waals surface area contributed by atoms with Gasteiger partial charge in [0.2, 0.25) is 0 Å². The molecule has 1 rings (SSSR count). The predicted octanol–water partition coefficient (Wildman–Crippen LogP) is -2.77. The number of hydrogen-bond donors (Lipinski definition) is 0. The molecule has 2 atom stereocenters. The molecule has 1 aliphatic carbocycles. The van der Waals surface area contributed by atoms with E-state index in [1.54, 1.807) is 7.05 Å². The Labute approximate surface area is 96.4 Å². The van der Waals surface area contributed by atoms with Crippen molar-refractivity contribution in [1.82, 2.24) is 0 Å². The zero-order valence-electron chi connectivity index (χ0n) is 7.50. The molecule has 1 saturated carbocycles. The molecule has 66 valence electrons. The summed E-state index contributed by atoms with van der Waals surface area (Å²) in [7, 11) is 1.74. The van der Waals surface area contributed by atoms with E-state index in [-0.39, 0.29) is 47.5 Å². The van der Waals surface area contributed by atoms with Crippen molar-refractivity contribution < 1.29 is 17.5 Å². The quantitative estimate of drug-likeness (QED) is 0.333. The molecule has 1 fully saturated rings. The molecule has 0 aromatic rings. The molecule has 0 heterocycles. The third-order valence-electron chi connectivity index (χ3n) is 2.09. The summed E-state index contributed by atoms with van der Waals surface area (Å²) < 4.78 is 0. The molecule has 0 aromatic heterocycles. The van der Waals surface area contributed by atoms with Crippen LogP contribution in [0.3, 0.4) is 0 Å². The molecule has 0 aliphatic heterocycles. The molecule has 0 spiro atoms. The smallest absolute Gasteiger partial charge is 1.00 e. The van der Waals surface area contributed by atoms with E-state index in [4.69, 9.17) is 0 Å². The summed E-state index contributed by atoms with van der Waals surface area (Å²) in [6.45, 7) is 0. The minimum Gasteiger partial charge on any atom is -1.00 e. The molecule has 2 unspecified atom stereocenters. The second kappa shape index (κ2) is 8.29. The van der Waals surface area contributed by atoms with E-state index in [1.807, 2.05) is 6.21 Å². The summed E-state index contributed by atoms with van der Waals surface area (Å²) in [5, 5.41) is 11.2. The van der Waals surface area contributed by atoms with Gasteiger partial charge in [0, 0.05) is 13.3 Å². The molecule has 4 heteroatoms. The van der Waals surface area contributed by atoms with Gasteiger partial charge in [-0.05, 0) is 12.3 Å². The third kappa shape index (κ3) is 4.65. The van der Waals surface area contributed by atoms with Gasteiger partial charge in [-0.3, -0.25) is 0 Å². The van der Waals surface area contributed by atoms with Gasteiger partial charge in [-0.25, -0.2) is 0 Å². The van der Waals surface area contributed by atoms with Crippen LogP contribution in [0.1, 0.15) is 25.7 Å². The van der Waals surface area contributed by atoms with Crippen LogP contribution in [0, 0.1) is 5.92 Å².